The molecular weight excluding hydrogens is 312 g/mol. The zero-order valence-corrected chi connectivity index (χ0v) is 13.3. The van der Waals surface area contributed by atoms with Gasteiger partial charge in [0, 0.05) is 12.1 Å². The van der Waals surface area contributed by atoms with Gasteiger partial charge in [-0.05, 0) is 35.0 Å². The first-order valence-corrected chi connectivity index (χ1v) is 8.19. The fourth-order valence-corrected chi connectivity index (χ4v) is 3.06. The Morgan fingerprint density at radius 1 is 1.22 bits per heavy atom. The van der Waals surface area contributed by atoms with Crippen LogP contribution in [0.15, 0.2) is 47.4 Å². The lowest BCUT2D eigenvalue weighted by Crippen LogP contribution is -2.06. The predicted octanol–water partition coefficient (Wildman–Crippen LogP) is 1.23. The highest BCUT2D eigenvalue weighted by atomic mass is 32.2. The van der Waals surface area contributed by atoms with Crippen molar-refractivity contribution in [1.29, 1.82) is 0 Å². The molecule has 1 heterocycles. The van der Waals surface area contributed by atoms with E-state index in [1.165, 1.54) is 5.56 Å². The van der Waals surface area contributed by atoms with Crippen molar-refractivity contribution >= 4 is 11.0 Å². The molecule has 0 amide bonds. The first kappa shape index (κ1) is 15.5. The molecule has 7 nitrogen and oxygen atoms in total. The first-order chi connectivity index (χ1) is 11.2. The molecule has 0 spiro atoms. The van der Waals surface area contributed by atoms with E-state index in [9.17, 15) is 4.21 Å². The quantitative estimate of drug-likeness (QED) is 0.652. The van der Waals surface area contributed by atoms with Crippen LogP contribution in [0, 0.1) is 0 Å². The second kappa shape index (κ2) is 6.78. The van der Waals surface area contributed by atoms with Gasteiger partial charge in [-0.15, -0.1) is 10.2 Å². The van der Waals surface area contributed by atoms with E-state index in [4.69, 9.17) is 5.14 Å². The molecule has 1 atom stereocenters. The van der Waals surface area contributed by atoms with E-state index in [-0.39, 0.29) is 0 Å². The molecule has 0 saturated heterocycles. The van der Waals surface area contributed by atoms with Gasteiger partial charge in [0.05, 0.1) is 4.90 Å². The zero-order chi connectivity index (χ0) is 16.2. The van der Waals surface area contributed by atoms with E-state index >= 15 is 0 Å². The number of rotatable bonds is 5. The summed E-state index contributed by atoms with van der Waals surface area (Å²) in [5.41, 5.74) is 3.63. The van der Waals surface area contributed by atoms with Crippen LogP contribution in [0.3, 0.4) is 0 Å². The lowest BCUT2D eigenvalue weighted by atomic mass is 9.98. The Labute approximate surface area is 135 Å². The maximum Gasteiger partial charge on any atom is 0.206 e. The molecule has 1 aromatic heterocycles. The van der Waals surface area contributed by atoms with Crippen molar-refractivity contribution < 1.29 is 4.21 Å². The Bertz CT molecular complexity index is 816. The fourth-order valence-electron chi connectivity index (χ4n) is 2.44. The number of tetrazole rings is 1. The van der Waals surface area contributed by atoms with Crippen molar-refractivity contribution in [3.05, 3.63) is 48.0 Å². The molecule has 0 fully saturated rings. The molecule has 0 aliphatic rings. The number of aromatic nitrogens is 4. The minimum atomic E-state index is -1.65. The number of aromatic amines is 1. The molecule has 2 aromatic carbocycles. The van der Waals surface area contributed by atoms with Crippen LogP contribution in [0.1, 0.15) is 5.56 Å². The SMILES string of the molecule is CNCc1ccc(-c2cccc(S(N)=O)c2-c2nn[nH]n2)cc1. The molecule has 0 aliphatic carbocycles. The number of nitrogens with one attached hydrogen (secondary N) is 2. The van der Waals surface area contributed by atoms with E-state index in [1.54, 1.807) is 6.07 Å². The third kappa shape index (κ3) is 3.19. The van der Waals surface area contributed by atoms with Crippen LogP contribution in [-0.4, -0.2) is 31.9 Å². The molecular formula is C15H16N6OS. The number of nitrogens with two attached hydrogens (primary N) is 1. The van der Waals surface area contributed by atoms with Crippen LogP contribution in [0.25, 0.3) is 22.5 Å². The standard InChI is InChI=1S/C15H16N6OS/c1-17-9-10-5-7-11(8-6-10)12-3-2-4-13(23(16)22)14(12)15-18-20-21-19-15/h2-8,17H,9,16H2,1H3,(H,18,19,20,21). The average molecular weight is 328 g/mol. The summed E-state index contributed by atoms with van der Waals surface area (Å²) in [5.74, 6) is 0.369. The van der Waals surface area contributed by atoms with E-state index in [1.807, 2.05) is 43.4 Å². The van der Waals surface area contributed by atoms with E-state index < -0.39 is 11.0 Å². The lowest BCUT2D eigenvalue weighted by Gasteiger charge is -2.11. The summed E-state index contributed by atoms with van der Waals surface area (Å²) in [5, 5.41) is 22.8. The van der Waals surface area contributed by atoms with Crippen molar-refractivity contribution in [1.82, 2.24) is 25.9 Å². The average Bonchev–Trinajstić information content (AvgIpc) is 3.09. The molecule has 0 aliphatic heterocycles. The van der Waals surface area contributed by atoms with Gasteiger partial charge in [-0.2, -0.15) is 5.21 Å². The second-order valence-electron chi connectivity index (χ2n) is 4.94. The molecule has 8 heteroatoms. The van der Waals surface area contributed by atoms with Crippen molar-refractivity contribution in [3.63, 3.8) is 0 Å². The van der Waals surface area contributed by atoms with Gasteiger partial charge in [-0.1, -0.05) is 36.4 Å². The van der Waals surface area contributed by atoms with Gasteiger partial charge in [0.2, 0.25) is 5.82 Å². The molecule has 0 bridgehead atoms. The van der Waals surface area contributed by atoms with Crippen molar-refractivity contribution in [3.8, 4) is 22.5 Å². The fraction of sp³-hybridized carbons (Fsp3) is 0.133. The number of hydrogen-bond donors (Lipinski definition) is 3. The summed E-state index contributed by atoms with van der Waals surface area (Å²) in [6.45, 7) is 0.796. The molecule has 118 valence electrons. The Hall–Kier alpha value is -2.42. The highest BCUT2D eigenvalue weighted by Gasteiger charge is 2.18. The van der Waals surface area contributed by atoms with Gasteiger partial charge in [-0.3, -0.25) is 0 Å². The summed E-state index contributed by atoms with van der Waals surface area (Å²) in [6.07, 6.45) is 0. The summed E-state index contributed by atoms with van der Waals surface area (Å²) >= 11 is 0. The van der Waals surface area contributed by atoms with Gasteiger partial charge < -0.3 is 5.32 Å². The van der Waals surface area contributed by atoms with Crippen molar-refractivity contribution in [2.24, 2.45) is 5.14 Å². The minimum Gasteiger partial charge on any atom is -0.316 e. The number of benzene rings is 2. The van der Waals surface area contributed by atoms with Gasteiger partial charge in [0.15, 0.2) is 0 Å². The lowest BCUT2D eigenvalue weighted by molar-refractivity contribution is 0.684. The molecule has 4 N–H and O–H groups in total. The van der Waals surface area contributed by atoms with Crippen LogP contribution >= 0.6 is 0 Å². The molecule has 1 unspecified atom stereocenters. The Balaban J connectivity index is 2.15. The number of nitrogens with zero attached hydrogens (tertiary/aromatic N) is 3. The van der Waals surface area contributed by atoms with Gasteiger partial charge in [-0.25, -0.2) is 9.35 Å². The molecule has 3 rings (SSSR count). The highest BCUT2D eigenvalue weighted by molar-refractivity contribution is 7.82. The maximum absolute atomic E-state index is 11.9. The van der Waals surface area contributed by atoms with Gasteiger partial charge >= 0.3 is 0 Å². The van der Waals surface area contributed by atoms with Gasteiger partial charge in [0.1, 0.15) is 11.0 Å². The topological polar surface area (TPSA) is 110 Å². The first-order valence-electron chi connectivity index (χ1n) is 6.97. The van der Waals surface area contributed by atoms with Crippen LogP contribution < -0.4 is 10.5 Å². The summed E-state index contributed by atoms with van der Waals surface area (Å²) in [7, 11) is 0.257. The van der Waals surface area contributed by atoms with Crippen LogP contribution in [0.4, 0.5) is 0 Å². The molecule has 0 saturated carbocycles. The van der Waals surface area contributed by atoms with Crippen LogP contribution in [0.5, 0.6) is 0 Å². The van der Waals surface area contributed by atoms with Crippen LogP contribution in [-0.2, 0) is 17.5 Å². The third-order valence-electron chi connectivity index (χ3n) is 3.46. The normalized spacial score (nSPS) is 12.3. The smallest absolute Gasteiger partial charge is 0.206 e. The number of hydrogen-bond acceptors (Lipinski definition) is 5. The largest absolute Gasteiger partial charge is 0.316 e. The summed E-state index contributed by atoms with van der Waals surface area (Å²) in [6, 6.07) is 13.6. The van der Waals surface area contributed by atoms with E-state index in [0.717, 1.165) is 17.7 Å². The third-order valence-corrected chi connectivity index (χ3v) is 4.23. The van der Waals surface area contributed by atoms with Gasteiger partial charge in [0.25, 0.3) is 0 Å². The monoisotopic (exact) mass is 328 g/mol. The van der Waals surface area contributed by atoms with Crippen LogP contribution in [0.2, 0.25) is 0 Å². The van der Waals surface area contributed by atoms with E-state index in [0.29, 0.717) is 16.3 Å². The minimum absolute atomic E-state index is 0.369. The Kier molecular flexibility index (Phi) is 4.56. The Morgan fingerprint density at radius 3 is 2.61 bits per heavy atom. The molecule has 0 radical (unpaired) electrons. The maximum atomic E-state index is 11.9. The molecule has 3 aromatic rings. The number of H-pyrrole nitrogens is 1. The Morgan fingerprint density at radius 2 is 2.00 bits per heavy atom. The highest BCUT2D eigenvalue weighted by Crippen LogP contribution is 2.34. The summed E-state index contributed by atoms with van der Waals surface area (Å²) in [4.78, 5) is 0.475. The van der Waals surface area contributed by atoms with Crippen molar-refractivity contribution in [2.75, 3.05) is 7.05 Å². The van der Waals surface area contributed by atoms with E-state index in [2.05, 4.69) is 25.9 Å². The zero-order valence-electron chi connectivity index (χ0n) is 12.5. The van der Waals surface area contributed by atoms with Crippen molar-refractivity contribution in [2.45, 2.75) is 11.4 Å². The second-order valence-corrected chi connectivity index (χ2v) is 5.97. The summed E-state index contributed by atoms with van der Waals surface area (Å²) < 4.78 is 11.9. The molecule has 23 heavy (non-hydrogen) atoms. The predicted molar refractivity (Wildman–Crippen MR) is 88.4 cm³/mol.